The maximum Gasteiger partial charge on any atom is 0.257 e. The maximum absolute atomic E-state index is 13.6. The monoisotopic (exact) mass is 519 g/mol. The van der Waals surface area contributed by atoms with Crippen molar-refractivity contribution in [2.24, 2.45) is 0 Å². The normalized spacial score (nSPS) is 17.4. The molecule has 0 spiro atoms. The van der Waals surface area contributed by atoms with E-state index in [0.717, 1.165) is 12.1 Å². The number of anilines is 1. The lowest BCUT2D eigenvalue weighted by Crippen LogP contribution is -2.58. The minimum Gasteiger partial charge on any atom is -0.358 e. The summed E-state index contributed by atoms with van der Waals surface area (Å²) in [6, 6.07) is 5.45. The zero-order valence-electron chi connectivity index (χ0n) is 19.4. The van der Waals surface area contributed by atoms with E-state index in [-0.39, 0.29) is 25.0 Å². The molecule has 0 bridgehead atoms. The zero-order chi connectivity index (χ0) is 25.5. The van der Waals surface area contributed by atoms with E-state index in [1.807, 2.05) is 4.57 Å². The van der Waals surface area contributed by atoms with Crippen LogP contribution in [0.15, 0.2) is 29.8 Å². The SMILES string of the molecule is Cc1c(C(=O)Nc2ccc(F)cc2)c2n(c1C(=O)COCNC1(c3nncs3)CC(F)(F)C1)CCC2. The Bertz CT molecular complexity index is 1280. The molecule has 2 aliphatic rings. The van der Waals surface area contributed by atoms with Crippen LogP contribution in [0.2, 0.25) is 0 Å². The molecule has 1 aliphatic heterocycles. The van der Waals surface area contributed by atoms with Crippen LogP contribution < -0.4 is 10.6 Å². The number of amides is 1. The van der Waals surface area contributed by atoms with Crippen molar-refractivity contribution in [3.05, 3.63) is 63.1 Å². The van der Waals surface area contributed by atoms with Gasteiger partial charge in [0.25, 0.3) is 11.8 Å². The van der Waals surface area contributed by atoms with Crippen LogP contribution in [0.5, 0.6) is 0 Å². The van der Waals surface area contributed by atoms with Gasteiger partial charge >= 0.3 is 0 Å². The minimum atomic E-state index is -2.79. The smallest absolute Gasteiger partial charge is 0.257 e. The Morgan fingerprint density at radius 2 is 1.97 bits per heavy atom. The standard InChI is InChI=1S/C24H24F3N5O3S/c1-14-19(21(34)30-16-6-4-15(25)5-7-16)17-3-2-8-32(17)20(14)18(33)9-35-12-28-23(10-24(26,27)11-23)22-31-29-13-36-22/h4-7,13,28H,2-3,8-12H2,1H3,(H,30,34). The molecule has 1 saturated carbocycles. The summed E-state index contributed by atoms with van der Waals surface area (Å²) in [5.41, 5.74) is 3.08. The molecule has 1 fully saturated rings. The van der Waals surface area contributed by atoms with Crippen molar-refractivity contribution in [2.45, 2.75) is 50.6 Å². The number of carbonyl (C=O) groups is 2. The topological polar surface area (TPSA) is 98.1 Å². The largest absolute Gasteiger partial charge is 0.358 e. The molecule has 0 unspecified atom stereocenters. The first-order valence-corrected chi connectivity index (χ1v) is 12.4. The molecule has 5 rings (SSSR count). The van der Waals surface area contributed by atoms with Crippen LogP contribution in [-0.4, -0.2) is 45.7 Å². The molecule has 0 saturated heterocycles. The fourth-order valence-electron chi connectivity index (χ4n) is 5.07. The van der Waals surface area contributed by atoms with Gasteiger partial charge in [-0.3, -0.25) is 14.9 Å². The Morgan fingerprint density at radius 1 is 1.22 bits per heavy atom. The lowest BCUT2D eigenvalue weighted by molar-refractivity contribution is -0.144. The molecule has 36 heavy (non-hydrogen) atoms. The average molecular weight is 520 g/mol. The van der Waals surface area contributed by atoms with Crippen LogP contribution in [0.4, 0.5) is 18.9 Å². The van der Waals surface area contributed by atoms with E-state index in [0.29, 0.717) is 40.5 Å². The fourth-order valence-corrected chi connectivity index (χ4v) is 5.80. The summed E-state index contributed by atoms with van der Waals surface area (Å²) in [5, 5.41) is 13.9. The van der Waals surface area contributed by atoms with Crippen LogP contribution >= 0.6 is 11.3 Å². The number of carbonyl (C=O) groups excluding carboxylic acids is 2. The molecule has 12 heteroatoms. The number of halogens is 3. The van der Waals surface area contributed by atoms with Crippen LogP contribution in [0.1, 0.15) is 56.4 Å². The van der Waals surface area contributed by atoms with E-state index >= 15 is 0 Å². The summed E-state index contributed by atoms with van der Waals surface area (Å²) in [7, 11) is 0. The molecule has 0 radical (unpaired) electrons. The molecule has 2 N–H and O–H groups in total. The maximum atomic E-state index is 13.6. The number of alkyl halides is 2. The van der Waals surface area contributed by atoms with Crippen molar-refractivity contribution in [3.63, 3.8) is 0 Å². The molecule has 3 heterocycles. The Labute approximate surface area is 208 Å². The van der Waals surface area contributed by atoms with Crippen LogP contribution in [0.25, 0.3) is 0 Å². The van der Waals surface area contributed by atoms with Gasteiger partial charge < -0.3 is 14.6 Å². The highest BCUT2D eigenvalue weighted by Gasteiger charge is 2.59. The van der Waals surface area contributed by atoms with Crippen LogP contribution in [0.3, 0.4) is 0 Å². The molecule has 1 aliphatic carbocycles. The molecule has 8 nitrogen and oxygen atoms in total. The minimum absolute atomic E-state index is 0.119. The highest BCUT2D eigenvalue weighted by atomic mass is 32.1. The predicted molar refractivity (Wildman–Crippen MR) is 126 cm³/mol. The summed E-state index contributed by atoms with van der Waals surface area (Å²) in [5.74, 6) is -3.86. The number of nitrogens with zero attached hydrogens (tertiary/aromatic N) is 3. The number of fused-ring (bicyclic) bond motifs is 1. The van der Waals surface area contributed by atoms with Gasteiger partial charge in [0.2, 0.25) is 5.78 Å². The third kappa shape index (κ3) is 4.56. The highest BCUT2D eigenvalue weighted by molar-refractivity contribution is 7.09. The first-order chi connectivity index (χ1) is 17.2. The van der Waals surface area contributed by atoms with Crippen molar-refractivity contribution in [2.75, 3.05) is 18.7 Å². The molecule has 1 aromatic carbocycles. The van der Waals surface area contributed by atoms with E-state index in [1.165, 1.54) is 41.1 Å². The number of hydrogen-bond acceptors (Lipinski definition) is 7. The van der Waals surface area contributed by atoms with Gasteiger partial charge in [0, 0.05) is 30.8 Å². The second kappa shape index (κ2) is 9.41. The van der Waals surface area contributed by atoms with Crippen LogP contribution in [-0.2, 0) is 23.2 Å². The van der Waals surface area contributed by atoms with Crippen molar-refractivity contribution in [3.8, 4) is 0 Å². The van der Waals surface area contributed by atoms with E-state index in [4.69, 9.17) is 4.74 Å². The molecule has 190 valence electrons. The van der Waals surface area contributed by atoms with Crippen LogP contribution in [0, 0.1) is 12.7 Å². The van der Waals surface area contributed by atoms with Gasteiger partial charge in [-0.25, -0.2) is 13.2 Å². The fraction of sp³-hybridized carbons (Fsp3) is 0.417. The molecule has 2 aromatic heterocycles. The average Bonchev–Trinajstić information content (AvgIpc) is 3.54. The molecular weight excluding hydrogens is 495 g/mol. The zero-order valence-corrected chi connectivity index (χ0v) is 20.3. The first-order valence-electron chi connectivity index (χ1n) is 11.5. The number of rotatable bonds is 9. The highest BCUT2D eigenvalue weighted by Crippen LogP contribution is 2.51. The number of Topliss-reactive ketones (excluding diaryl/α,β-unsaturated/α-hetero) is 1. The summed E-state index contributed by atoms with van der Waals surface area (Å²) in [6.07, 6.45) is 0.629. The molecule has 0 atom stereocenters. The number of nitrogens with one attached hydrogen (secondary N) is 2. The van der Waals surface area contributed by atoms with Gasteiger partial charge in [0.1, 0.15) is 22.9 Å². The van der Waals surface area contributed by atoms with E-state index in [2.05, 4.69) is 20.8 Å². The molecular formula is C24H24F3N5O3S. The first kappa shape index (κ1) is 24.6. The van der Waals surface area contributed by atoms with Gasteiger partial charge in [-0.2, -0.15) is 0 Å². The molecule has 1 amide bonds. The van der Waals surface area contributed by atoms with Gasteiger partial charge in [-0.15, -0.1) is 21.5 Å². The summed E-state index contributed by atoms with van der Waals surface area (Å²) in [6.45, 7) is 1.93. The van der Waals surface area contributed by atoms with E-state index in [1.54, 1.807) is 6.92 Å². The number of ketones is 1. The van der Waals surface area contributed by atoms with Crippen molar-refractivity contribution in [1.82, 2.24) is 20.1 Å². The summed E-state index contributed by atoms with van der Waals surface area (Å²) < 4.78 is 47.9. The second-order valence-corrected chi connectivity index (χ2v) is 9.97. The van der Waals surface area contributed by atoms with Crippen molar-refractivity contribution in [1.29, 1.82) is 0 Å². The van der Waals surface area contributed by atoms with Crippen molar-refractivity contribution >= 4 is 28.7 Å². The predicted octanol–water partition coefficient (Wildman–Crippen LogP) is 4.06. The third-order valence-electron chi connectivity index (χ3n) is 6.64. The van der Waals surface area contributed by atoms with Gasteiger partial charge in [0.05, 0.1) is 23.5 Å². The Morgan fingerprint density at radius 3 is 2.64 bits per heavy atom. The third-order valence-corrected chi connectivity index (χ3v) is 7.53. The van der Waals surface area contributed by atoms with E-state index in [9.17, 15) is 22.8 Å². The second-order valence-electron chi connectivity index (χ2n) is 9.14. The number of ether oxygens (including phenoxy) is 1. The number of aromatic nitrogens is 3. The lowest BCUT2D eigenvalue weighted by atomic mass is 9.74. The van der Waals surface area contributed by atoms with Gasteiger partial charge in [-0.1, -0.05) is 0 Å². The number of hydrogen-bond donors (Lipinski definition) is 2. The Kier molecular flexibility index (Phi) is 6.43. The Hall–Kier alpha value is -3.09. The van der Waals surface area contributed by atoms with E-state index < -0.39 is 30.1 Å². The van der Waals surface area contributed by atoms with Gasteiger partial charge in [0.15, 0.2) is 0 Å². The molecule has 3 aromatic rings. The summed E-state index contributed by atoms with van der Waals surface area (Å²) >= 11 is 1.19. The summed E-state index contributed by atoms with van der Waals surface area (Å²) in [4.78, 5) is 26.2. The Balaban J connectivity index is 1.25. The number of benzene rings is 1. The quantitative estimate of drug-likeness (QED) is 0.251. The lowest BCUT2D eigenvalue weighted by Gasteiger charge is -2.46. The van der Waals surface area contributed by atoms with Gasteiger partial charge in [-0.05, 0) is 49.6 Å². The van der Waals surface area contributed by atoms with Crippen molar-refractivity contribution < 1.29 is 27.5 Å².